The molecule has 1 radical (unpaired) electrons. The Balaban J connectivity index is 0.000000263. The first-order valence-electron chi connectivity index (χ1n) is 15.2. The molecule has 0 saturated heterocycles. The summed E-state index contributed by atoms with van der Waals surface area (Å²) in [7, 11) is -1.60. The van der Waals surface area contributed by atoms with Crippen LogP contribution in [0.25, 0.3) is 27.8 Å². The molecule has 1 N–H and O–H groups in total. The number of imidazole rings is 1. The topological polar surface area (TPSA) is 67.5 Å². The molecule has 3 heterocycles. The molecule has 4 aromatic rings. The first-order chi connectivity index (χ1) is 19.4. The molecule has 0 atom stereocenters. The molecule has 227 valence electrons. The molecular formula is C35H46IrN3O2Si-. The molecule has 42 heavy (non-hydrogen) atoms. The predicted octanol–water partition coefficient (Wildman–Crippen LogP) is 8.40. The van der Waals surface area contributed by atoms with Crippen LogP contribution in [0, 0.1) is 17.9 Å². The van der Waals surface area contributed by atoms with Crippen LogP contribution < -0.4 is 5.32 Å². The van der Waals surface area contributed by atoms with Gasteiger partial charge in [0.25, 0.3) is 0 Å². The van der Waals surface area contributed by atoms with Crippen molar-refractivity contribution in [3.63, 3.8) is 0 Å². The molecule has 2 aromatic heterocycles. The standard InChI is InChI=1S/C22H22N3Si.C13H24O2.Ir/c1-22(2)17-13-15-9-7-6-8-14(15)12-16(17)20-23-11-10-18-24-21(26(3,4)5)19(22)25(18)20;1-5-10(6-2)12(14)9-13(15)11(7-3)8-4;/h6-11,13H,1-5H3;9-11,14H,5-8H2,1-4H3;/q-1;;/b;12-9-;. The van der Waals surface area contributed by atoms with Crippen molar-refractivity contribution in [3.8, 4) is 11.4 Å². The molecule has 0 fully saturated rings. The monoisotopic (exact) mass is 761 g/mol. The molecule has 5 rings (SSSR count). The average molecular weight is 761 g/mol. The van der Waals surface area contributed by atoms with E-state index in [1.165, 1.54) is 28.0 Å². The van der Waals surface area contributed by atoms with E-state index in [1.54, 1.807) is 0 Å². The van der Waals surface area contributed by atoms with Crippen LogP contribution in [0.15, 0.2) is 54.4 Å². The van der Waals surface area contributed by atoms with Crippen molar-refractivity contribution in [1.29, 1.82) is 0 Å². The van der Waals surface area contributed by atoms with E-state index in [-0.39, 0.29) is 48.9 Å². The van der Waals surface area contributed by atoms with Gasteiger partial charge in [-0.25, -0.2) is 4.98 Å². The Morgan fingerprint density at radius 3 is 2.24 bits per heavy atom. The van der Waals surface area contributed by atoms with Crippen molar-refractivity contribution in [2.24, 2.45) is 11.8 Å². The summed E-state index contributed by atoms with van der Waals surface area (Å²) in [5.74, 6) is 1.51. The fourth-order valence-electron chi connectivity index (χ4n) is 6.01. The van der Waals surface area contributed by atoms with Crippen LogP contribution in [-0.2, 0) is 30.3 Å². The number of fused-ring (bicyclic) bond motifs is 3. The van der Waals surface area contributed by atoms with Gasteiger partial charge in [0.15, 0.2) is 5.78 Å². The maximum atomic E-state index is 11.7. The Hall–Kier alpha value is -2.60. The van der Waals surface area contributed by atoms with Crippen molar-refractivity contribution in [1.82, 2.24) is 14.4 Å². The van der Waals surface area contributed by atoms with E-state index >= 15 is 0 Å². The molecular weight excluding hydrogens is 715 g/mol. The predicted molar refractivity (Wildman–Crippen MR) is 174 cm³/mol. The number of benzene rings is 2. The normalized spacial score (nSPS) is 14.0. The van der Waals surface area contributed by atoms with Crippen molar-refractivity contribution in [3.05, 3.63) is 71.8 Å². The van der Waals surface area contributed by atoms with E-state index in [2.05, 4.69) is 74.3 Å². The quantitative estimate of drug-likeness (QED) is 0.0849. The molecule has 0 aliphatic carbocycles. The minimum atomic E-state index is -1.60. The fourth-order valence-corrected chi connectivity index (χ4v) is 7.60. The largest absolute Gasteiger partial charge is 0.512 e. The van der Waals surface area contributed by atoms with E-state index in [4.69, 9.17) is 9.97 Å². The van der Waals surface area contributed by atoms with E-state index < -0.39 is 8.07 Å². The second-order valence-corrected chi connectivity index (χ2v) is 17.8. The summed E-state index contributed by atoms with van der Waals surface area (Å²) in [6, 6.07) is 16.5. The number of hydrogen-bond donors (Lipinski definition) is 1. The minimum Gasteiger partial charge on any atom is -0.512 e. The number of carbonyl (C=O) groups excluding carboxylic acids is 1. The number of nitrogens with zero attached hydrogens (tertiary/aromatic N) is 3. The minimum absolute atomic E-state index is 0. The molecule has 0 bridgehead atoms. The van der Waals surface area contributed by atoms with Crippen LogP contribution in [0.4, 0.5) is 0 Å². The van der Waals surface area contributed by atoms with E-state index in [1.807, 2.05) is 40.0 Å². The van der Waals surface area contributed by atoms with E-state index in [0.29, 0.717) is 0 Å². The summed E-state index contributed by atoms with van der Waals surface area (Å²) >= 11 is 0. The van der Waals surface area contributed by atoms with Crippen LogP contribution in [-0.4, -0.2) is 33.3 Å². The van der Waals surface area contributed by atoms with E-state index in [0.717, 1.165) is 48.1 Å². The Kier molecular flexibility index (Phi) is 10.8. The van der Waals surface area contributed by atoms with Gasteiger partial charge >= 0.3 is 0 Å². The van der Waals surface area contributed by atoms with Gasteiger partial charge in [-0.3, -0.25) is 9.78 Å². The number of aliphatic hydroxyl groups excluding tert-OH is 1. The SMILES string of the molecule is CC1(C)c2cc3ccccc3[c-]c2-c2nccc3nc([Si](C)(C)C)c1n23.CCC(CC)C(=O)/C=C(\O)C(CC)CC.[Ir]. The maximum Gasteiger partial charge on any atom is 0.162 e. The number of carbonyl (C=O) groups is 1. The van der Waals surface area contributed by atoms with Gasteiger partial charge in [0.2, 0.25) is 0 Å². The van der Waals surface area contributed by atoms with Crippen LogP contribution in [0.5, 0.6) is 0 Å². The zero-order valence-electron chi connectivity index (χ0n) is 26.6. The average Bonchev–Trinajstić information content (AvgIpc) is 3.35. The molecule has 7 heteroatoms. The van der Waals surface area contributed by atoms with E-state index in [9.17, 15) is 9.90 Å². The smallest absolute Gasteiger partial charge is 0.162 e. The number of hydrogen-bond acceptors (Lipinski definition) is 4. The summed E-state index contributed by atoms with van der Waals surface area (Å²) in [4.78, 5) is 21.5. The molecule has 0 amide bonds. The van der Waals surface area contributed by atoms with Gasteiger partial charge in [-0.05, 0) is 31.7 Å². The Morgan fingerprint density at radius 2 is 1.64 bits per heavy atom. The third-order valence-electron chi connectivity index (χ3n) is 8.61. The van der Waals surface area contributed by atoms with Gasteiger partial charge in [-0.15, -0.1) is 23.6 Å². The van der Waals surface area contributed by atoms with Crippen LogP contribution >= 0.6 is 0 Å². The number of ketones is 1. The Labute approximate surface area is 266 Å². The number of aromatic nitrogens is 3. The molecule has 5 nitrogen and oxygen atoms in total. The maximum absolute atomic E-state index is 11.7. The second-order valence-electron chi connectivity index (χ2n) is 12.8. The van der Waals surface area contributed by atoms with Gasteiger partial charge in [0, 0.05) is 60.6 Å². The zero-order valence-corrected chi connectivity index (χ0v) is 30.0. The Morgan fingerprint density at radius 1 is 1.02 bits per heavy atom. The van der Waals surface area contributed by atoms with Crippen LogP contribution in [0.2, 0.25) is 19.6 Å². The van der Waals surface area contributed by atoms with Gasteiger partial charge in [-0.1, -0.05) is 95.9 Å². The van der Waals surface area contributed by atoms with Gasteiger partial charge < -0.3 is 9.51 Å². The van der Waals surface area contributed by atoms with Gasteiger partial charge in [0.05, 0.1) is 11.6 Å². The first-order valence-corrected chi connectivity index (χ1v) is 18.7. The first kappa shape index (κ1) is 33.9. The van der Waals surface area contributed by atoms with Crippen molar-refractivity contribution >= 4 is 35.6 Å². The molecule has 0 saturated carbocycles. The van der Waals surface area contributed by atoms with Gasteiger partial charge in [0.1, 0.15) is 13.7 Å². The zero-order chi connectivity index (χ0) is 30.1. The molecule has 2 aromatic carbocycles. The summed E-state index contributed by atoms with van der Waals surface area (Å²) in [5, 5.41) is 13.4. The molecule has 0 unspecified atom stereocenters. The number of aliphatic hydroxyl groups is 1. The Bertz CT molecular complexity index is 1590. The van der Waals surface area contributed by atoms with Crippen LogP contribution in [0.3, 0.4) is 0 Å². The fraction of sp³-hybridized carbons (Fsp3) is 0.457. The summed E-state index contributed by atoms with van der Waals surface area (Å²) in [5.41, 5.74) is 4.57. The third-order valence-corrected chi connectivity index (χ3v) is 10.4. The van der Waals surface area contributed by atoms with Gasteiger partial charge in [-0.2, -0.15) is 0 Å². The molecule has 1 aliphatic rings. The number of rotatable bonds is 8. The summed E-state index contributed by atoms with van der Waals surface area (Å²) < 4.78 is 2.28. The molecule has 1 aliphatic heterocycles. The summed E-state index contributed by atoms with van der Waals surface area (Å²) in [6.45, 7) is 19.8. The van der Waals surface area contributed by atoms with Crippen molar-refractivity contribution < 1.29 is 30.0 Å². The van der Waals surface area contributed by atoms with Crippen molar-refractivity contribution in [2.45, 2.75) is 92.3 Å². The summed E-state index contributed by atoms with van der Waals surface area (Å²) in [6.07, 6.45) is 6.78. The van der Waals surface area contributed by atoms with Crippen LogP contribution in [0.1, 0.15) is 78.5 Å². The van der Waals surface area contributed by atoms with Crippen molar-refractivity contribution in [2.75, 3.05) is 0 Å². The number of allylic oxidation sites excluding steroid dienone is 2. The third kappa shape index (κ3) is 6.34. The second kappa shape index (κ2) is 13.4. The molecule has 0 spiro atoms.